The molecule has 0 amide bonds. The van der Waals surface area contributed by atoms with E-state index in [0.717, 1.165) is 13.2 Å². The smallest absolute Gasteiger partial charge is 0.0699 e. The summed E-state index contributed by atoms with van der Waals surface area (Å²) in [5, 5.41) is 0. The lowest BCUT2D eigenvalue weighted by Gasteiger charge is -2.34. The molecule has 0 aromatic rings. The first-order valence-electron chi connectivity index (χ1n) is 3.53. The van der Waals surface area contributed by atoms with Crippen molar-refractivity contribution in [2.45, 2.75) is 26.0 Å². The lowest BCUT2D eigenvalue weighted by atomic mass is 10.1. The van der Waals surface area contributed by atoms with Crippen LogP contribution in [0.25, 0.3) is 0 Å². The quantitative estimate of drug-likeness (QED) is 0.478. The zero-order chi connectivity index (χ0) is 6.85. The van der Waals surface area contributed by atoms with Crippen molar-refractivity contribution in [1.29, 1.82) is 0 Å². The molecule has 0 spiro atoms. The SMILES string of the molecule is CC1OCCN(C)C1C. The van der Waals surface area contributed by atoms with Crippen molar-refractivity contribution in [3.63, 3.8) is 0 Å². The summed E-state index contributed by atoms with van der Waals surface area (Å²) in [4.78, 5) is 2.33. The largest absolute Gasteiger partial charge is 0.376 e. The van der Waals surface area contributed by atoms with Crippen LogP contribution in [0, 0.1) is 0 Å². The standard InChI is InChI=1S/C7H15NO/c1-6-7(2)9-5-4-8(6)3/h6-7H,4-5H2,1-3H3. The fourth-order valence-electron chi connectivity index (χ4n) is 1.08. The number of morpholine rings is 1. The lowest BCUT2D eigenvalue weighted by molar-refractivity contribution is -0.0448. The molecule has 0 N–H and O–H groups in total. The van der Waals surface area contributed by atoms with Crippen LogP contribution in [0.5, 0.6) is 0 Å². The van der Waals surface area contributed by atoms with Crippen LogP contribution in [-0.2, 0) is 4.74 Å². The van der Waals surface area contributed by atoms with Gasteiger partial charge in [-0.1, -0.05) is 0 Å². The summed E-state index contributed by atoms with van der Waals surface area (Å²) < 4.78 is 5.42. The van der Waals surface area contributed by atoms with Crippen molar-refractivity contribution < 1.29 is 4.74 Å². The van der Waals surface area contributed by atoms with Gasteiger partial charge in [-0.15, -0.1) is 0 Å². The van der Waals surface area contributed by atoms with Crippen molar-refractivity contribution in [1.82, 2.24) is 4.90 Å². The summed E-state index contributed by atoms with van der Waals surface area (Å²) in [6.07, 6.45) is 0.406. The molecule has 0 saturated carbocycles. The number of ether oxygens (including phenoxy) is 1. The Hall–Kier alpha value is -0.0800. The fourth-order valence-corrected chi connectivity index (χ4v) is 1.08. The van der Waals surface area contributed by atoms with E-state index >= 15 is 0 Å². The van der Waals surface area contributed by atoms with Crippen LogP contribution in [0.1, 0.15) is 13.8 Å². The Morgan fingerprint density at radius 2 is 2.11 bits per heavy atom. The minimum absolute atomic E-state index is 0.406. The van der Waals surface area contributed by atoms with Crippen molar-refractivity contribution in [3.8, 4) is 0 Å². The zero-order valence-electron chi connectivity index (χ0n) is 6.42. The molecule has 1 aliphatic rings. The first-order valence-corrected chi connectivity index (χ1v) is 3.53. The third kappa shape index (κ3) is 1.43. The van der Waals surface area contributed by atoms with Crippen LogP contribution in [0.3, 0.4) is 0 Å². The van der Waals surface area contributed by atoms with Gasteiger partial charge in [0, 0.05) is 12.6 Å². The minimum atomic E-state index is 0.406. The number of hydrogen-bond donors (Lipinski definition) is 0. The van der Waals surface area contributed by atoms with Gasteiger partial charge in [0.05, 0.1) is 12.7 Å². The first kappa shape index (κ1) is 7.03. The van der Waals surface area contributed by atoms with E-state index in [0.29, 0.717) is 12.1 Å². The molecule has 1 rings (SSSR count). The van der Waals surface area contributed by atoms with E-state index in [9.17, 15) is 0 Å². The molecule has 0 aromatic heterocycles. The van der Waals surface area contributed by atoms with Gasteiger partial charge in [-0.25, -0.2) is 0 Å². The predicted molar refractivity (Wildman–Crippen MR) is 37.5 cm³/mol. The molecule has 2 nitrogen and oxygen atoms in total. The number of rotatable bonds is 0. The Morgan fingerprint density at radius 3 is 2.56 bits per heavy atom. The Labute approximate surface area is 56.8 Å². The van der Waals surface area contributed by atoms with E-state index in [-0.39, 0.29) is 0 Å². The summed E-state index contributed by atoms with van der Waals surface area (Å²) in [5.74, 6) is 0. The topological polar surface area (TPSA) is 12.5 Å². The Bertz CT molecular complexity index is 84.9. The molecule has 9 heavy (non-hydrogen) atoms. The monoisotopic (exact) mass is 129 g/mol. The van der Waals surface area contributed by atoms with Gasteiger partial charge in [-0.05, 0) is 20.9 Å². The molecule has 0 aromatic carbocycles. The maximum absolute atomic E-state index is 5.42. The molecule has 1 saturated heterocycles. The number of hydrogen-bond acceptors (Lipinski definition) is 2. The summed E-state index contributed by atoms with van der Waals surface area (Å²) >= 11 is 0. The molecule has 1 heterocycles. The Kier molecular flexibility index (Phi) is 2.09. The first-order chi connectivity index (χ1) is 4.22. The Morgan fingerprint density at radius 1 is 1.44 bits per heavy atom. The molecule has 0 radical (unpaired) electrons. The summed E-state index contributed by atoms with van der Waals surface area (Å²) in [7, 11) is 2.14. The number of nitrogens with zero attached hydrogens (tertiary/aromatic N) is 1. The van der Waals surface area contributed by atoms with Crippen LogP contribution in [0.15, 0.2) is 0 Å². The summed E-state index contributed by atoms with van der Waals surface area (Å²) in [5.41, 5.74) is 0. The molecular formula is C7H15NO. The van der Waals surface area contributed by atoms with Gasteiger partial charge in [-0.3, -0.25) is 4.90 Å². The second-order valence-corrected chi connectivity index (χ2v) is 2.80. The van der Waals surface area contributed by atoms with Gasteiger partial charge in [0.25, 0.3) is 0 Å². The average Bonchev–Trinajstić information content (AvgIpc) is 1.83. The highest BCUT2D eigenvalue weighted by Gasteiger charge is 2.21. The minimum Gasteiger partial charge on any atom is -0.376 e. The highest BCUT2D eigenvalue weighted by Crippen LogP contribution is 2.09. The Balaban J connectivity index is 2.41. The second-order valence-electron chi connectivity index (χ2n) is 2.80. The van der Waals surface area contributed by atoms with Crippen LogP contribution in [0.4, 0.5) is 0 Å². The van der Waals surface area contributed by atoms with Gasteiger partial charge in [0.1, 0.15) is 0 Å². The van der Waals surface area contributed by atoms with E-state index in [1.54, 1.807) is 0 Å². The third-order valence-electron chi connectivity index (χ3n) is 2.20. The van der Waals surface area contributed by atoms with Gasteiger partial charge in [0.2, 0.25) is 0 Å². The van der Waals surface area contributed by atoms with Crippen molar-refractivity contribution in [3.05, 3.63) is 0 Å². The van der Waals surface area contributed by atoms with Crippen LogP contribution in [0.2, 0.25) is 0 Å². The molecule has 2 atom stereocenters. The van der Waals surface area contributed by atoms with Crippen LogP contribution >= 0.6 is 0 Å². The fraction of sp³-hybridized carbons (Fsp3) is 1.00. The van der Waals surface area contributed by atoms with Gasteiger partial charge >= 0.3 is 0 Å². The van der Waals surface area contributed by atoms with Crippen molar-refractivity contribution in [2.75, 3.05) is 20.2 Å². The highest BCUT2D eigenvalue weighted by molar-refractivity contribution is 4.73. The normalized spacial score (nSPS) is 39.0. The molecule has 2 unspecified atom stereocenters. The average molecular weight is 129 g/mol. The van der Waals surface area contributed by atoms with Crippen LogP contribution < -0.4 is 0 Å². The van der Waals surface area contributed by atoms with E-state index in [1.165, 1.54) is 0 Å². The molecule has 0 aliphatic carbocycles. The van der Waals surface area contributed by atoms with Gasteiger partial charge < -0.3 is 4.74 Å². The lowest BCUT2D eigenvalue weighted by Crippen LogP contribution is -2.45. The second kappa shape index (κ2) is 2.67. The maximum Gasteiger partial charge on any atom is 0.0699 e. The van der Waals surface area contributed by atoms with Gasteiger partial charge in [-0.2, -0.15) is 0 Å². The highest BCUT2D eigenvalue weighted by atomic mass is 16.5. The third-order valence-corrected chi connectivity index (χ3v) is 2.20. The van der Waals surface area contributed by atoms with Crippen LogP contribution in [-0.4, -0.2) is 37.2 Å². The molecule has 1 fully saturated rings. The zero-order valence-corrected chi connectivity index (χ0v) is 6.42. The number of likely N-dealkylation sites (N-methyl/N-ethyl adjacent to an activating group) is 1. The van der Waals surface area contributed by atoms with Crippen molar-refractivity contribution in [2.24, 2.45) is 0 Å². The summed E-state index contributed by atoms with van der Waals surface area (Å²) in [6.45, 7) is 6.29. The molecule has 2 heteroatoms. The van der Waals surface area contributed by atoms with E-state index < -0.39 is 0 Å². The van der Waals surface area contributed by atoms with Crippen molar-refractivity contribution >= 4 is 0 Å². The predicted octanol–water partition coefficient (Wildman–Crippen LogP) is 0.725. The molecule has 1 aliphatic heterocycles. The van der Waals surface area contributed by atoms with E-state index in [4.69, 9.17) is 4.74 Å². The summed E-state index contributed by atoms with van der Waals surface area (Å²) in [6, 6.07) is 0.582. The van der Waals surface area contributed by atoms with Gasteiger partial charge in [0.15, 0.2) is 0 Å². The molecule has 0 bridgehead atoms. The maximum atomic E-state index is 5.42. The van der Waals surface area contributed by atoms with E-state index in [1.807, 2.05) is 0 Å². The molecular weight excluding hydrogens is 114 g/mol. The van der Waals surface area contributed by atoms with E-state index in [2.05, 4.69) is 25.8 Å². The molecule has 54 valence electrons.